The van der Waals surface area contributed by atoms with Gasteiger partial charge in [0, 0.05) is 10.0 Å². The molecule has 0 atom stereocenters. The second-order valence-corrected chi connectivity index (χ2v) is 4.72. The van der Waals surface area contributed by atoms with Crippen LogP contribution in [0.15, 0.2) is 18.2 Å². The molecule has 0 aliphatic heterocycles. The molecule has 2 aromatic rings. The molecule has 0 radical (unpaired) electrons. The van der Waals surface area contributed by atoms with Crippen LogP contribution in [-0.4, -0.2) is 9.97 Å². The van der Waals surface area contributed by atoms with E-state index in [-0.39, 0.29) is 15.6 Å². The number of aromatic nitrogens is 2. The van der Waals surface area contributed by atoms with Crippen LogP contribution in [-0.2, 0) is 6.18 Å². The molecular formula is C11H7Cl2F3N4. The molecule has 0 amide bonds. The third-order valence-corrected chi connectivity index (χ3v) is 2.81. The van der Waals surface area contributed by atoms with E-state index >= 15 is 0 Å². The Morgan fingerprint density at radius 1 is 0.950 bits per heavy atom. The van der Waals surface area contributed by atoms with Crippen LogP contribution in [0.25, 0.3) is 11.1 Å². The van der Waals surface area contributed by atoms with Crippen LogP contribution in [0.5, 0.6) is 0 Å². The Hall–Kier alpha value is -1.73. The SMILES string of the molecule is Nc1nc(N)c(-c2cc(Cl)cc(Cl)c2)c(C(F)(F)F)n1. The van der Waals surface area contributed by atoms with Gasteiger partial charge in [-0.25, -0.2) is 4.98 Å². The normalized spacial score (nSPS) is 11.7. The molecule has 0 spiro atoms. The van der Waals surface area contributed by atoms with Gasteiger partial charge in [-0.1, -0.05) is 23.2 Å². The van der Waals surface area contributed by atoms with Crippen molar-refractivity contribution in [3.63, 3.8) is 0 Å². The fourth-order valence-corrected chi connectivity index (χ4v) is 2.21. The summed E-state index contributed by atoms with van der Waals surface area (Å²) >= 11 is 11.6. The Balaban J connectivity index is 2.79. The number of hydrogen-bond donors (Lipinski definition) is 2. The molecule has 1 heterocycles. The van der Waals surface area contributed by atoms with Gasteiger partial charge in [-0.05, 0) is 23.8 Å². The van der Waals surface area contributed by atoms with Crippen LogP contribution in [0, 0.1) is 0 Å². The van der Waals surface area contributed by atoms with Crippen LogP contribution >= 0.6 is 23.2 Å². The first kappa shape index (κ1) is 14.7. The number of hydrogen-bond acceptors (Lipinski definition) is 4. The third kappa shape index (κ3) is 2.88. The highest BCUT2D eigenvalue weighted by molar-refractivity contribution is 6.35. The van der Waals surface area contributed by atoms with E-state index in [2.05, 4.69) is 9.97 Å². The molecule has 4 nitrogen and oxygen atoms in total. The van der Waals surface area contributed by atoms with E-state index in [0.717, 1.165) is 0 Å². The Bertz CT molecular complexity index is 653. The molecule has 106 valence electrons. The molecule has 0 aliphatic rings. The lowest BCUT2D eigenvalue weighted by molar-refractivity contribution is -0.140. The van der Waals surface area contributed by atoms with Crippen molar-refractivity contribution in [3.05, 3.63) is 33.9 Å². The van der Waals surface area contributed by atoms with Crippen LogP contribution in [0.2, 0.25) is 10.0 Å². The van der Waals surface area contributed by atoms with Crippen LogP contribution in [0.1, 0.15) is 5.69 Å². The topological polar surface area (TPSA) is 77.8 Å². The first-order valence-electron chi connectivity index (χ1n) is 5.15. The molecule has 2 rings (SSSR count). The van der Waals surface area contributed by atoms with Crippen LogP contribution < -0.4 is 11.5 Å². The zero-order valence-electron chi connectivity index (χ0n) is 9.67. The molecule has 9 heteroatoms. The zero-order chi connectivity index (χ0) is 15.1. The van der Waals surface area contributed by atoms with Gasteiger partial charge in [-0.15, -0.1) is 0 Å². The van der Waals surface area contributed by atoms with Crippen LogP contribution in [0.3, 0.4) is 0 Å². The predicted octanol–water partition coefficient (Wildman–Crippen LogP) is 3.63. The number of benzene rings is 1. The van der Waals surface area contributed by atoms with Crippen LogP contribution in [0.4, 0.5) is 24.9 Å². The number of halogens is 5. The Morgan fingerprint density at radius 3 is 2.00 bits per heavy atom. The number of nitrogens with zero attached hydrogens (tertiary/aromatic N) is 2. The molecule has 0 unspecified atom stereocenters. The minimum absolute atomic E-state index is 0.0623. The number of rotatable bonds is 1. The third-order valence-electron chi connectivity index (χ3n) is 2.37. The lowest BCUT2D eigenvalue weighted by Crippen LogP contribution is -2.15. The fraction of sp³-hybridized carbons (Fsp3) is 0.0909. The van der Waals surface area contributed by atoms with Crippen molar-refractivity contribution in [2.45, 2.75) is 6.18 Å². The van der Waals surface area contributed by atoms with E-state index < -0.39 is 29.2 Å². The molecule has 0 fully saturated rings. The molecule has 0 aliphatic carbocycles. The van der Waals surface area contributed by atoms with Gasteiger partial charge in [-0.3, -0.25) is 0 Å². The van der Waals surface area contributed by atoms with Crippen molar-refractivity contribution < 1.29 is 13.2 Å². The van der Waals surface area contributed by atoms with E-state index in [1.165, 1.54) is 18.2 Å². The summed E-state index contributed by atoms with van der Waals surface area (Å²) in [7, 11) is 0. The average Bonchev–Trinajstić information content (AvgIpc) is 2.24. The second-order valence-electron chi connectivity index (χ2n) is 3.85. The lowest BCUT2D eigenvalue weighted by Gasteiger charge is -2.14. The highest BCUT2D eigenvalue weighted by Crippen LogP contribution is 2.40. The Labute approximate surface area is 121 Å². The summed E-state index contributed by atoms with van der Waals surface area (Å²) in [5, 5.41) is 0.327. The molecule has 0 saturated heterocycles. The summed E-state index contributed by atoms with van der Waals surface area (Å²) in [5.74, 6) is -0.963. The number of anilines is 2. The van der Waals surface area contributed by atoms with Gasteiger partial charge in [0.1, 0.15) is 5.82 Å². The number of nitrogens with two attached hydrogens (primary N) is 2. The van der Waals surface area contributed by atoms with Crippen molar-refractivity contribution in [1.29, 1.82) is 0 Å². The summed E-state index contributed by atoms with van der Waals surface area (Å²) in [6, 6.07) is 3.95. The standard InChI is InChI=1S/C11H7Cl2F3N4/c12-5-1-4(2-6(13)3-5)7-8(11(14,15)16)19-10(18)20-9(7)17/h1-3H,(H4,17,18,19,20). The smallest absolute Gasteiger partial charge is 0.383 e. The molecule has 0 bridgehead atoms. The van der Waals surface area contributed by atoms with Gasteiger partial charge >= 0.3 is 6.18 Å². The van der Waals surface area contributed by atoms with Crippen molar-refractivity contribution >= 4 is 35.0 Å². The van der Waals surface area contributed by atoms with Crippen molar-refractivity contribution in [1.82, 2.24) is 9.97 Å². The van der Waals surface area contributed by atoms with E-state index in [1.807, 2.05) is 0 Å². The van der Waals surface area contributed by atoms with E-state index in [0.29, 0.717) is 0 Å². The molecule has 1 aromatic heterocycles. The van der Waals surface area contributed by atoms with Crippen molar-refractivity contribution in [2.24, 2.45) is 0 Å². The molecule has 1 aromatic carbocycles. The summed E-state index contributed by atoms with van der Waals surface area (Å²) in [6.07, 6.45) is -4.74. The zero-order valence-corrected chi connectivity index (χ0v) is 11.2. The highest BCUT2D eigenvalue weighted by atomic mass is 35.5. The number of alkyl halides is 3. The minimum atomic E-state index is -4.74. The van der Waals surface area contributed by atoms with Gasteiger partial charge < -0.3 is 11.5 Å². The van der Waals surface area contributed by atoms with Gasteiger partial charge in [0.25, 0.3) is 0 Å². The Kier molecular flexibility index (Phi) is 3.66. The molecule has 4 N–H and O–H groups in total. The lowest BCUT2D eigenvalue weighted by atomic mass is 10.0. The second kappa shape index (κ2) is 4.99. The summed E-state index contributed by atoms with van der Waals surface area (Å²) < 4.78 is 39.1. The van der Waals surface area contributed by atoms with Gasteiger partial charge in [0.15, 0.2) is 5.69 Å². The number of nitrogen functional groups attached to an aromatic ring is 2. The summed E-state index contributed by atoms with van der Waals surface area (Å²) in [5.41, 5.74) is 9.16. The first-order chi connectivity index (χ1) is 9.18. The van der Waals surface area contributed by atoms with E-state index in [9.17, 15) is 13.2 Å². The molecular weight excluding hydrogens is 316 g/mol. The quantitative estimate of drug-likeness (QED) is 0.840. The van der Waals surface area contributed by atoms with Gasteiger partial charge in [0.05, 0.1) is 5.56 Å². The minimum Gasteiger partial charge on any atom is -0.383 e. The maximum Gasteiger partial charge on any atom is 0.434 e. The fourth-order valence-electron chi connectivity index (χ4n) is 1.68. The Morgan fingerprint density at radius 2 is 1.50 bits per heavy atom. The van der Waals surface area contributed by atoms with E-state index in [4.69, 9.17) is 34.7 Å². The maximum atomic E-state index is 13.0. The summed E-state index contributed by atoms with van der Waals surface area (Å²) in [6.45, 7) is 0. The van der Waals surface area contributed by atoms with E-state index in [1.54, 1.807) is 0 Å². The molecule has 20 heavy (non-hydrogen) atoms. The largest absolute Gasteiger partial charge is 0.434 e. The van der Waals surface area contributed by atoms with Crippen molar-refractivity contribution in [3.8, 4) is 11.1 Å². The average molecular weight is 323 g/mol. The molecule has 0 saturated carbocycles. The summed E-state index contributed by atoms with van der Waals surface area (Å²) in [4.78, 5) is 6.76. The van der Waals surface area contributed by atoms with Crippen molar-refractivity contribution in [2.75, 3.05) is 11.5 Å². The predicted molar refractivity (Wildman–Crippen MR) is 71.3 cm³/mol. The van der Waals surface area contributed by atoms with Gasteiger partial charge in [-0.2, -0.15) is 18.2 Å². The monoisotopic (exact) mass is 322 g/mol. The first-order valence-corrected chi connectivity index (χ1v) is 5.90. The maximum absolute atomic E-state index is 13.0. The highest BCUT2D eigenvalue weighted by Gasteiger charge is 2.37. The van der Waals surface area contributed by atoms with Gasteiger partial charge in [0.2, 0.25) is 5.95 Å².